The van der Waals surface area contributed by atoms with Crippen molar-refractivity contribution in [2.45, 2.75) is 32.1 Å². The Balaban J connectivity index is 1.90. The van der Waals surface area contributed by atoms with Crippen LogP contribution in [-0.4, -0.2) is 25.7 Å². The number of carbonyl (C=O) groups excluding carboxylic acids is 1. The predicted octanol–water partition coefficient (Wildman–Crippen LogP) is 1.63. The number of hydrogen-bond donors (Lipinski definition) is 1. The number of hydrogen-bond acceptors (Lipinski definition) is 3. The van der Waals surface area contributed by atoms with Gasteiger partial charge in [-0.2, -0.15) is 0 Å². The molecule has 1 aromatic rings. The quantitative estimate of drug-likeness (QED) is 0.862. The van der Waals surface area contributed by atoms with E-state index < -0.39 is 0 Å². The molecular weight excluding hydrogens is 230 g/mol. The summed E-state index contributed by atoms with van der Waals surface area (Å²) in [7, 11) is 1.67. The van der Waals surface area contributed by atoms with Gasteiger partial charge in [-0.1, -0.05) is 24.3 Å². The average Bonchev–Trinajstić information content (AvgIpc) is 2.92. The highest BCUT2D eigenvalue weighted by molar-refractivity contribution is 5.80. The molecule has 4 nitrogen and oxygen atoms in total. The summed E-state index contributed by atoms with van der Waals surface area (Å²) in [5.41, 5.74) is 2.19. The Morgan fingerprint density at radius 3 is 2.89 bits per heavy atom. The molecule has 0 unspecified atom stereocenters. The van der Waals surface area contributed by atoms with Gasteiger partial charge in [0.15, 0.2) is 0 Å². The van der Waals surface area contributed by atoms with E-state index in [1.807, 2.05) is 24.3 Å². The maximum Gasteiger partial charge on any atom is 0.249 e. The first-order valence-electron chi connectivity index (χ1n) is 6.26. The molecule has 1 amide bonds. The molecule has 1 N–H and O–H groups in total. The second-order valence-electron chi connectivity index (χ2n) is 4.42. The second-order valence-corrected chi connectivity index (χ2v) is 4.42. The van der Waals surface area contributed by atoms with Gasteiger partial charge in [0.25, 0.3) is 0 Å². The Kier molecular flexibility index (Phi) is 4.73. The molecule has 1 fully saturated rings. The fraction of sp³-hybridized carbons (Fsp3) is 0.500. The summed E-state index contributed by atoms with van der Waals surface area (Å²) in [6, 6.07) is 7.95. The minimum atomic E-state index is -0.264. The highest BCUT2D eigenvalue weighted by Gasteiger charge is 2.23. The van der Waals surface area contributed by atoms with Crippen molar-refractivity contribution in [3.05, 3.63) is 35.4 Å². The van der Waals surface area contributed by atoms with Gasteiger partial charge in [-0.15, -0.1) is 0 Å². The first-order valence-corrected chi connectivity index (χ1v) is 6.26. The molecule has 1 aliphatic heterocycles. The molecule has 0 saturated carbocycles. The molecule has 0 aliphatic carbocycles. The minimum Gasteiger partial charge on any atom is -0.380 e. The summed E-state index contributed by atoms with van der Waals surface area (Å²) >= 11 is 0. The van der Waals surface area contributed by atoms with E-state index in [2.05, 4.69) is 5.32 Å². The number of amides is 1. The molecule has 1 atom stereocenters. The van der Waals surface area contributed by atoms with Gasteiger partial charge in [0.05, 0.1) is 6.61 Å². The van der Waals surface area contributed by atoms with E-state index in [4.69, 9.17) is 9.47 Å². The summed E-state index contributed by atoms with van der Waals surface area (Å²) in [6.45, 7) is 1.78. The number of carbonyl (C=O) groups is 1. The number of methoxy groups -OCH3 is 1. The van der Waals surface area contributed by atoms with Crippen molar-refractivity contribution < 1.29 is 14.3 Å². The summed E-state index contributed by atoms with van der Waals surface area (Å²) in [5.74, 6) is -0.0141. The van der Waals surface area contributed by atoms with Gasteiger partial charge >= 0.3 is 0 Å². The van der Waals surface area contributed by atoms with Gasteiger partial charge in [0.1, 0.15) is 6.10 Å². The molecule has 1 saturated heterocycles. The monoisotopic (exact) mass is 249 g/mol. The van der Waals surface area contributed by atoms with E-state index >= 15 is 0 Å². The Labute approximate surface area is 107 Å². The zero-order valence-corrected chi connectivity index (χ0v) is 10.6. The molecule has 18 heavy (non-hydrogen) atoms. The van der Waals surface area contributed by atoms with Crippen LogP contribution in [0.4, 0.5) is 0 Å². The van der Waals surface area contributed by atoms with Crippen LogP contribution >= 0.6 is 0 Å². The van der Waals surface area contributed by atoms with Crippen LogP contribution in [0, 0.1) is 0 Å². The highest BCUT2D eigenvalue weighted by Crippen LogP contribution is 2.13. The first-order chi connectivity index (χ1) is 8.81. The van der Waals surface area contributed by atoms with Crippen molar-refractivity contribution in [1.82, 2.24) is 5.32 Å². The lowest BCUT2D eigenvalue weighted by atomic mass is 10.1. The SMILES string of the molecule is COCc1ccccc1CNC(=O)[C@@H]1CCCO1. The highest BCUT2D eigenvalue weighted by atomic mass is 16.5. The number of benzene rings is 1. The number of nitrogens with one attached hydrogen (secondary N) is 1. The molecule has 1 aliphatic rings. The van der Waals surface area contributed by atoms with Gasteiger partial charge in [-0.3, -0.25) is 4.79 Å². The van der Waals surface area contributed by atoms with E-state index in [1.165, 1.54) is 0 Å². The maximum atomic E-state index is 11.8. The zero-order chi connectivity index (χ0) is 12.8. The van der Waals surface area contributed by atoms with Gasteiger partial charge in [-0.05, 0) is 24.0 Å². The fourth-order valence-electron chi connectivity index (χ4n) is 2.11. The Bertz CT molecular complexity index is 400. The predicted molar refractivity (Wildman–Crippen MR) is 68.0 cm³/mol. The van der Waals surface area contributed by atoms with E-state index in [0.29, 0.717) is 19.8 Å². The molecule has 0 bridgehead atoms. The normalized spacial score (nSPS) is 18.8. The largest absolute Gasteiger partial charge is 0.380 e. The summed E-state index contributed by atoms with van der Waals surface area (Å²) < 4.78 is 10.5. The Morgan fingerprint density at radius 1 is 1.44 bits per heavy atom. The van der Waals surface area contributed by atoms with Crippen molar-refractivity contribution >= 4 is 5.91 Å². The lowest BCUT2D eigenvalue weighted by Gasteiger charge is -2.12. The molecule has 2 rings (SSSR count). The average molecular weight is 249 g/mol. The van der Waals surface area contributed by atoms with Crippen LogP contribution < -0.4 is 5.32 Å². The van der Waals surface area contributed by atoms with Crippen LogP contribution in [0.5, 0.6) is 0 Å². The zero-order valence-electron chi connectivity index (χ0n) is 10.6. The van der Waals surface area contributed by atoms with E-state index in [9.17, 15) is 4.79 Å². The maximum absolute atomic E-state index is 11.8. The van der Waals surface area contributed by atoms with Crippen LogP contribution in [0.25, 0.3) is 0 Å². The number of ether oxygens (including phenoxy) is 2. The smallest absolute Gasteiger partial charge is 0.249 e. The molecule has 1 aromatic carbocycles. The number of rotatable bonds is 5. The third-order valence-electron chi connectivity index (χ3n) is 3.09. The van der Waals surface area contributed by atoms with E-state index in [1.54, 1.807) is 7.11 Å². The lowest BCUT2D eigenvalue weighted by Crippen LogP contribution is -2.33. The summed E-state index contributed by atoms with van der Waals surface area (Å²) in [4.78, 5) is 11.8. The molecule has 0 radical (unpaired) electrons. The second kappa shape index (κ2) is 6.52. The fourth-order valence-corrected chi connectivity index (χ4v) is 2.11. The molecule has 1 heterocycles. The molecule has 0 spiro atoms. The van der Waals surface area contributed by atoms with E-state index in [0.717, 1.165) is 24.0 Å². The minimum absolute atomic E-state index is 0.0141. The van der Waals surface area contributed by atoms with Gasteiger partial charge in [0, 0.05) is 20.3 Å². The summed E-state index contributed by atoms with van der Waals surface area (Å²) in [5, 5.41) is 2.92. The molecule has 98 valence electrons. The van der Waals surface area contributed by atoms with Crippen molar-refractivity contribution in [3.63, 3.8) is 0 Å². The van der Waals surface area contributed by atoms with Crippen molar-refractivity contribution in [2.24, 2.45) is 0 Å². The standard InChI is InChI=1S/C14H19NO3/c1-17-10-12-6-3-2-5-11(12)9-15-14(16)13-7-4-8-18-13/h2-3,5-6,13H,4,7-10H2,1H3,(H,15,16)/t13-/m0/s1. The van der Waals surface area contributed by atoms with Gasteiger partial charge in [-0.25, -0.2) is 0 Å². The molecule has 0 aromatic heterocycles. The van der Waals surface area contributed by atoms with Crippen LogP contribution in [0.1, 0.15) is 24.0 Å². The van der Waals surface area contributed by atoms with Crippen molar-refractivity contribution in [3.8, 4) is 0 Å². The first kappa shape index (κ1) is 13.1. The Hall–Kier alpha value is -1.39. The van der Waals surface area contributed by atoms with Gasteiger partial charge in [0.2, 0.25) is 5.91 Å². The van der Waals surface area contributed by atoms with Crippen molar-refractivity contribution in [1.29, 1.82) is 0 Å². The van der Waals surface area contributed by atoms with Crippen LogP contribution in [-0.2, 0) is 27.4 Å². The lowest BCUT2D eigenvalue weighted by molar-refractivity contribution is -0.130. The third-order valence-corrected chi connectivity index (χ3v) is 3.09. The van der Waals surface area contributed by atoms with Crippen molar-refractivity contribution in [2.75, 3.05) is 13.7 Å². The third kappa shape index (κ3) is 3.31. The van der Waals surface area contributed by atoms with Gasteiger partial charge < -0.3 is 14.8 Å². The van der Waals surface area contributed by atoms with E-state index in [-0.39, 0.29) is 12.0 Å². The van der Waals surface area contributed by atoms with Crippen LogP contribution in [0.15, 0.2) is 24.3 Å². The summed E-state index contributed by atoms with van der Waals surface area (Å²) in [6.07, 6.45) is 1.53. The van der Waals surface area contributed by atoms with Crippen LogP contribution in [0.2, 0.25) is 0 Å². The topological polar surface area (TPSA) is 47.6 Å². The van der Waals surface area contributed by atoms with Crippen LogP contribution in [0.3, 0.4) is 0 Å². The Morgan fingerprint density at radius 2 is 2.22 bits per heavy atom. The molecule has 4 heteroatoms. The molecular formula is C14H19NO3.